The van der Waals surface area contributed by atoms with E-state index < -0.39 is 6.61 Å². The Morgan fingerprint density at radius 2 is 2.13 bits per heavy atom. The molecule has 3 nitrogen and oxygen atoms in total. The number of alkyl halides is 2. The molecule has 0 aromatic heterocycles. The molecule has 0 heterocycles. The van der Waals surface area contributed by atoms with Crippen molar-refractivity contribution in [1.29, 1.82) is 0 Å². The molecule has 0 fully saturated rings. The standard InChI is InChI=1S/C9H8ClF2NO2/c1-4(14)6-2-5(13)3-7(8(6)10)15-9(11)12/h2-3,9H,13H2,1H3. The molecule has 0 amide bonds. The molecule has 0 saturated heterocycles. The first-order valence-corrected chi connectivity index (χ1v) is 4.34. The van der Waals surface area contributed by atoms with Crippen LogP contribution in [0.5, 0.6) is 5.75 Å². The van der Waals surface area contributed by atoms with E-state index in [1.165, 1.54) is 13.0 Å². The van der Waals surface area contributed by atoms with Crippen LogP contribution in [-0.2, 0) is 0 Å². The molecule has 0 radical (unpaired) electrons. The van der Waals surface area contributed by atoms with Gasteiger partial charge in [-0.3, -0.25) is 4.79 Å². The lowest BCUT2D eigenvalue weighted by atomic mass is 10.1. The number of nitrogen functional groups attached to an aromatic ring is 1. The minimum Gasteiger partial charge on any atom is -0.433 e. The van der Waals surface area contributed by atoms with Crippen LogP contribution in [0.25, 0.3) is 0 Å². The molecule has 0 unspecified atom stereocenters. The van der Waals surface area contributed by atoms with Gasteiger partial charge in [-0.15, -0.1) is 0 Å². The van der Waals surface area contributed by atoms with Gasteiger partial charge in [0.15, 0.2) is 5.78 Å². The minimum absolute atomic E-state index is 0.0623. The normalized spacial score (nSPS) is 10.5. The number of carbonyl (C=O) groups excluding carboxylic acids is 1. The summed E-state index contributed by atoms with van der Waals surface area (Å²) >= 11 is 5.69. The van der Waals surface area contributed by atoms with Crippen LogP contribution >= 0.6 is 11.6 Å². The van der Waals surface area contributed by atoms with Crippen LogP contribution in [-0.4, -0.2) is 12.4 Å². The van der Waals surface area contributed by atoms with E-state index in [0.717, 1.165) is 6.07 Å². The number of rotatable bonds is 3. The van der Waals surface area contributed by atoms with Crippen LogP contribution in [0, 0.1) is 0 Å². The molecule has 1 rings (SSSR count). The summed E-state index contributed by atoms with van der Waals surface area (Å²) in [4.78, 5) is 11.1. The number of benzene rings is 1. The van der Waals surface area contributed by atoms with E-state index in [9.17, 15) is 13.6 Å². The van der Waals surface area contributed by atoms with Crippen LogP contribution in [0.3, 0.4) is 0 Å². The first-order valence-electron chi connectivity index (χ1n) is 3.96. The highest BCUT2D eigenvalue weighted by Crippen LogP contribution is 2.32. The van der Waals surface area contributed by atoms with Crippen LogP contribution in [0.1, 0.15) is 17.3 Å². The number of anilines is 1. The van der Waals surface area contributed by atoms with Crippen LogP contribution in [0.2, 0.25) is 5.02 Å². The summed E-state index contributed by atoms with van der Waals surface area (Å²) in [6.45, 7) is -1.75. The Kier molecular flexibility index (Phi) is 3.47. The molecule has 0 saturated carbocycles. The van der Waals surface area contributed by atoms with E-state index in [1.807, 2.05) is 0 Å². The predicted molar refractivity (Wildman–Crippen MR) is 52.5 cm³/mol. The van der Waals surface area contributed by atoms with Crippen LogP contribution in [0.15, 0.2) is 12.1 Å². The van der Waals surface area contributed by atoms with E-state index >= 15 is 0 Å². The second-order valence-corrected chi connectivity index (χ2v) is 3.19. The number of hydrogen-bond donors (Lipinski definition) is 1. The Morgan fingerprint density at radius 1 is 1.53 bits per heavy atom. The lowest BCUT2D eigenvalue weighted by Crippen LogP contribution is -2.05. The van der Waals surface area contributed by atoms with Crippen molar-refractivity contribution in [2.75, 3.05) is 5.73 Å². The Hall–Kier alpha value is -1.36. The smallest absolute Gasteiger partial charge is 0.387 e. The third-order valence-electron chi connectivity index (χ3n) is 1.66. The van der Waals surface area contributed by atoms with Gasteiger partial charge in [0.2, 0.25) is 0 Å². The average molecular weight is 236 g/mol. The fraction of sp³-hybridized carbons (Fsp3) is 0.222. The third-order valence-corrected chi connectivity index (χ3v) is 2.05. The van der Waals surface area contributed by atoms with Gasteiger partial charge >= 0.3 is 6.61 Å². The molecule has 15 heavy (non-hydrogen) atoms. The SMILES string of the molecule is CC(=O)c1cc(N)cc(OC(F)F)c1Cl. The Bertz CT molecular complexity index is 396. The molecule has 1 aromatic rings. The largest absolute Gasteiger partial charge is 0.433 e. The maximum Gasteiger partial charge on any atom is 0.387 e. The number of ketones is 1. The van der Waals surface area contributed by atoms with E-state index in [1.54, 1.807) is 0 Å². The Morgan fingerprint density at radius 3 is 2.60 bits per heavy atom. The minimum atomic E-state index is -3.01. The van der Waals surface area contributed by atoms with E-state index in [4.69, 9.17) is 17.3 Å². The van der Waals surface area contributed by atoms with Gasteiger partial charge in [-0.1, -0.05) is 11.6 Å². The fourth-order valence-electron chi connectivity index (χ4n) is 1.06. The fourth-order valence-corrected chi connectivity index (χ4v) is 1.34. The number of carbonyl (C=O) groups is 1. The third kappa shape index (κ3) is 2.79. The van der Waals surface area contributed by atoms with Crippen molar-refractivity contribution < 1.29 is 18.3 Å². The molecule has 6 heteroatoms. The number of ether oxygens (including phenoxy) is 1. The molecule has 1 aromatic carbocycles. The zero-order valence-electron chi connectivity index (χ0n) is 7.76. The van der Waals surface area contributed by atoms with Gasteiger partial charge in [-0.25, -0.2) is 0 Å². The molecule has 0 aliphatic rings. The molecule has 0 spiro atoms. The average Bonchev–Trinajstić information content (AvgIpc) is 2.09. The second kappa shape index (κ2) is 4.44. The van der Waals surface area contributed by atoms with Gasteiger partial charge in [0.25, 0.3) is 0 Å². The predicted octanol–water partition coefficient (Wildman–Crippen LogP) is 2.73. The number of hydrogen-bond acceptors (Lipinski definition) is 3. The lowest BCUT2D eigenvalue weighted by molar-refractivity contribution is -0.0497. The number of halogens is 3. The molecular weight excluding hydrogens is 228 g/mol. The summed E-state index contributed by atoms with van der Waals surface area (Å²) in [5.41, 5.74) is 5.61. The summed E-state index contributed by atoms with van der Waals surface area (Å²) in [6, 6.07) is 2.45. The van der Waals surface area contributed by atoms with Gasteiger partial charge in [-0.2, -0.15) is 8.78 Å². The van der Waals surface area contributed by atoms with Gasteiger partial charge in [0.05, 0.1) is 5.02 Å². The van der Waals surface area contributed by atoms with Gasteiger partial charge in [0, 0.05) is 17.3 Å². The zero-order chi connectivity index (χ0) is 11.6. The first kappa shape index (κ1) is 11.7. The van der Waals surface area contributed by atoms with E-state index in [-0.39, 0.29) is 27.8 Å². The molecule has 82 valence electrons. The van der Waals surface area contributed by atoms with Crippen molar-refractivity contribution in [2.45, 2.75) is 13.5 Å². The topological polar surface area (TPSA) is 52.3 Å². The maximum atomic E-state index is 12.0. The van der Waals surface area contributed by atoms with Crippen molar-refractivity contribution in [2.24, 2.45) is 0 Å². The quantitative estimate of drug-likeness (QED) is 0.647. The van der Waals surface area contributed by atoms with Gasteiger partial charge in [-0.05, 0) is 13.0 Å². The monoisotopic (exact) mass is 235 g/mol. The number of nitrogens with two attached hydrogens (primary N) is 1. The highest BCUT2D eigenvalue weighted by atomic mass is 35.5. The Labute approximate surface area is 89.8 Å². The maximum absolute atomic E-state index is 12.0. The van der Waals surface area contributed by atoms with Crippen LogP contribution in [0.4, 0.5) is 14.5 Å². The lowest BCUT2D eigenvalue weighted by Gasteiger charge is -2.10. The van der Waals surface area contributed by atoms with Gasteiger partial charge in [0.1, 0.15) is 5.75 Å². The van der Waals surface area contributed by atoms with Crippen molar-refractivity contribution in [3.05, 3.63) is 22.7 Å². The van der Waals surface area contributed by atoms with Crippen molar-refractivity contribution in [1.82, 2.24) is 0 Å². The summed E-state index contributed by atoms with van der Waals surface area (Å²) in [7, 11) is 0. The summed E-state index contributed by atoms with van der Waals surface area (Å²) in [5, 5.41) is -0.156. The zero-order valence-corrected chi connectivity index (χ0v) is 8.52. The molecule has 2 N–H and O–H groups in total. The van der Waals surface area contributed by atoms with E-state index in [2.05, 4.69) is 4.74 Å². The second-order valence-electron chi connectivity index (χ2n) is 2.82. The highest BCUT2D eigenvalue weighted by molar-refractivity contribution is 6.35. The number of Topliss-reactive ketones (excluding diaryl/α,β-unsaturated/α-hetero) is 1. The summed E-state index contributed by atoms with van der Waals surface area (Å²) < 4.78 is 28.0. The molecule has 0 bridgehead atoms. The summed E-state index contributed by atoms with van der Waals surface area (Å²) in [5.74, 6) is -0.664. The summed E-state index contributed by atoms with van der Waals surface area (Å²) in [6.07, 6.45) is 0. The van der Waals surface area contributed by atoms with Crippen LogP contribution < -0.4 is 10.5 Å². The molecule has 0 aliphatic carbocycles. The van der Waals surface area contributed by atoms with Crippen molar-refractivity contribution >= 4 is 23.1 Å². The molecular formula is C9H8ClF2NO2. The van der Waals surface area contributed by atoms with Gasteiger partial charge < -0.3 is 10.5 Å². The van der Waals surface area contributed by atoms with Crippen molar-refractivity contribution in [3.8, 4) is 5.75 Å². The molecule has 0 aliphatic heterocycles. The first-order chi connectivity index (χ1) is 6.91. The van der Waals surface area contributed by atoms with E-state index in [0.29, 0.717) is 0 Å². The Balaban J connectivity index is 3.22. The molecule has 0 atom stereocenters. The highest BCUT2D eigenvalue weighted by Gasteiger charge is 2.15. The van der Waals surface area contributed by atoms with Crippen molar-refractivity contribution in [3.63, 3.8) is 0 Å².